The van der Waals surface area contributed by atoms with Crippen LogP contribution >= 0.6 is 0 Å². The molecule has 2 aromatic carbocycles. The molecule has 0 heterocycles. The summed E-state index contributed by atoms with van der Waals surface area (Å²) < 4.78 is 25.9. The summed E-state index contributed by atoms with van der Waals surface area (Å²) in [6.07, 6.45) is 0. The maximum atomic E-state index is 12.9. The molecule has 108 valence electrons. The lowest BCUT2D eigenvalue weighted by Gasteiger charge is -2.06. The van der Waals surface area contributed by atoms with Gasteiger partial charge in [-0.2, -0.15) is 0 Å². The van der Waals surface area contributed by atoms with Crippen molar-refractivity contribution < 1.29 is 8.78 Å². The second kappa shape index (κ2) is 6.44. The fourth-order valence-electron chi connectivity index (χ4n) is 2.00. The van der Waals surface area contributed by atoms with Crippen molar-refractivity contribution in [2.24, 2.45) is 4.99 Å². The van der Waals surface area contributed by atoms with Crippen LogP contribution in [0.5, 0.6) is 0 Å². The van der Waals surface area contributed by atoms with Gasteiger partial charge in [0.15, 0.2) is 0 Å². The van der Waals surface area contributed by atoms with Crippen molar-refractivity contribution in [2.75, 3.05) is 0 Å². The van der Waals surface area contributed by atoms with Crippen molar-refractivity contribution in [3.05, 3.63) is 77.0 Å². The second-order valence-corrected chi connectivity index (χ2v) is 4.92. The highest BCUT2D eigenvalue weighted by molar-refractivity contribution is 5.99. The van der Waals surface area contributed by atoms with Crippen molar-refractivity contribution in [1.29, 1.82) is 0 Å². The van der Waals surface area contributed by atoms with Gasteiger partial charge in [0, 0.05) is 11.4 Å². The fraction of sp³-hybridized carbons (Fsp3) is 0.167. The Morgan fingerprint density at radius 2 is 1.14 bits per heavy atom. The van der Waals surface area contributed by atoms with Gasteiger partial charge in [-0.1, -0.05) is 24.3 Å². The highest BCUT2D eigenvalue weighted by atomic mass is 19.1. The molecule has 0 bridgehead atoms. The average Bonchev–Trinajstić information content (AvgIpc) is 2.47. The summed E-state index contributed by atoms with van der Waals surface area (Å²) in [4.78, 5) is 4.56. The predicted octanol–water partition coefficient (Wildman–Crippen LogP) is 5.22. The molecule has 0 atom stereocenters. The van der Waals surface area contributed by atoms with Crippen LogP contribution in [0.4, 0.5) is 8.78 Å². The molecule has 0 radical (unpaired) electrons. The van der Waals surface area contributed by atoms with Gasteiger partial charge in [-0.05, 0) is 61.7 Å². The summed E-state index contributed by atoms with van der Waals surface area (Å²) >= 11 is 0. The lowest BCUT2D eigenvalue weighted by molar-refractivity contribution is 0.627. The van der Waals surface area contributed by atoms with Crippen LogP contribution in [0.25, 0.3) is 5.57 Å². The SMILES string of the molecule is CC(=N/C(C)=C(\C)c1ccc(F)cc1)c1ccc(F)cc1. The first kappa shape index (κ1) is 15.1. The van der Waals surface area contributed by atoms with E-state index >= 15 is 0 Å². The molecule has 0 N–H and O–H groups in total. The lowest BCUT2D eigenvalue weighted by atomic mass is 10.1. The molecule has 0 aromatic heterocycles. The molecule has 2 rings (SSSR count). The summed E-state index contributed by atoms with van der Waals surface area (Å²) in [6, 6.07) is 12.6. The highest BCUT2D eigenvalue weighted by Gasteiger charge is 2.03. The van der Waals surface area contributed by atoms with Crippen molar-refractivity contribution in [1.82, 2.24) is 0 Å². The highest BCUT2D eigenvalue weighted by Crippen LogP contribution is 2.20. The van der Waals surface area contributed by atoms with Crippen LogP contribution in [0.15, 0.2) is 59.2 Å². The first-order valence-electron chi connectivity index (χ1n) is 6.72. The summed E-state index contributed by atoms with van der Waals surface area (Å²) in [5, 5.41) is 0. The summed E-state index contributed by atoms with van der Waals surface area (Å²) in [6.45, 7) is 5.74. The average molecular weight is 285 g/mol. The smallest absolute Gasteiger partial charge is 0.123 e. The number of aliphatic imine (C=N–C) groups is 1. The first-order valence-corrected chi connectivity index (χ1v) is 6.72. The third kappa shape index (κ3) is 3.85. The number of nitrogens with zero attached hydrogens (tertiary/aromatic N) is 1. The van der Waals surface area contributed by atoms with Crippen LogP contribution < -0.4 is 0 Å². The number of hydrogen-bond acceptors (Lipinski definition) is 1. The van der Waals surface area contributed by atoms with Gasteiger partial charge < -0.3 is 0 Å². The third-order valence-corrected chi connectivity index (χ3v) is 3.42. The van der Waals surface area contributed by atoms with Crippen molar-refractivity contribution in [3.8, 4) is 0 Å². The Morgan fingerprint density at radius 1 is 0.714 bits per heavy atom. The van der Waals surface area contributed by atoms with E-state index < -0.39 is 0 Å². The molecular weight excluding hydrogens is 268 g/mol. The Hall–Kier alpha value is -2.29. The van der Waals surface area contributed by atoms with Gasteiger partial charge >= 0.3 is 0 Å². The quantitative estimate of drug-likeness (QED) is 0.685. The molecule has 0 unspecified atom stereocenters. The molecule has 0 fully saturated rings. The Balaban J connectivity index is 2.31. The number of benzene rings is 2. The summed E-state index contributed by atoms with van der Waals surface area (Å²) in [7, 11) is 0. The van der Waals surface area contributed by atoms with Crippen molar-refractivity contribution in [2.45, 2.75) is 20.8 Å². The van der Waals surface area contributed by atoms with E-state index in [1.807, 2.05) is 20.8 Å². The Labute approximate surface area is 123 Å². The van der Waals surface area contributed by atoms with Crippen LogP contribution in [-0.2, 0) is 0 Å². The van der Waals surface area contributed by atoms with Crippen molar-refractivity contribution >= 4 is 11.3 Å². The normalized spacial score (nSPS) is 13.1. The minimum absolute atomic E-state index is 0.254. The Morgan fingerprint density at radius 3 is 1.62 bits per heavy atom. The zero-order valence-corrected chi connectivity index (χ0v) is 12.3. The first-order chi connectivity index (χ1) is 9.97. The topological polar surface area (TPSA) is 12.4 Å². The van der Waals surface area contributed by atoms with Gasteiger partial charge in [0.2, 0.25) is 0 Å². The van der Waals surface area contributed by atoms with Crippen LogP contribution in [0.3, 0.4) is 0 Å². The number of allylic oxidation sites excluding steroid dienone is 2. The molecule has 0 amide bonds. The lowest BCUT2D eigenvalue weighted by Crippen LogP contribution is -1.96. The van der Waals surface area contributed by atoms with Crippen LogP contribution in [0.2, 0.25) is 0 Å². The largest absolute Gasteiger partial charge is 0.258 e. The molecule has 0 aliphatic carbocycles. The summed E-state index contributed by atoms with van der Waals surface area (Å²) in [5.41, 5.74) is 4.46. The van der Waals surface area contributed by atoms with E-state index in [0.29, 0.717) is 0 Å². The molecule has 1 nitrogen and oxygen atoms in total. The maximum Gasteiger partial charge on any atom is 0.123 e. The van der Waals surface area contributed by atoms with E-state index in [1.165, 1.54) is 24.3 Å². The van der Waals surface area contributed by atoms with E-state index in [1.54, 1.807) is 24.3 Å². The molecule has 21 heavy (non-hydrogen) atoms. The zero-order chi connectivity index (χ0) is 15.4. The minimum Gasteiger partial charge on any atom is -0.258 e. The number of halogens is 2. The van der Waals surface area contributed by atoms with E-state index in [-0.39, 0.29) is 11.6 Å². The van der Waals surface area contributed by atoms with E-state index in [4.69, 9.17) is 0 Å². The molecule has 0 spiro atoms. The van der Waals surface area contributed by atoms with E-state index in [2.05, 4.69) is 4.99 Å². The molecule has 0 saturated carbocycles. The van der Waals surface area contributed by atoms with Crippen LogP contribution in [0.1, 0.15) is 31.9 Å². The second-order valence-electron chi connectivity index (χ2n) is 4.92. The molecule has 3 heteroatoms. The standard InChI is InChI=1S/C18H17F2N/c1-12(15-4-8-17(19)9-5-15)13(2)21-14(3)16-6-10-18(20)11-7-16/h4-11H,1-3H3/b13-12+,21-14?. The molecule has 0 saturated heterocycles. The maximum absolute atomic E-state index is 12.9. The van der Waals surface area contributed by atoms with Crippen LogP contribution in [-0.4, -0.2) is 5.71 Å². The fourth-order valence-corrected chi connectivity index (χ4v) is 2.00. The van der Waals surface area contributed by atoms with Crippen LogP contribution in [0, 0.1) is 11.6 Å². The Bertz CT molecular complexity index is 680. The molecule has 0 aliphatic heterocycles. The predicted molar refractivity (Wildman–Crippen MR) is 83.3 cm³/mol. The monoisotopic (exact) mass is 285 g/mol. The van der Waals surface area contributed by atoms with Crippen molar-refractivity contribution in [3.63, 3.8) is 0 Å². The summed E-state index contributed by atoms with van der Waals surface area (Å²) in [5.74, 6) is -0.517. The molecular formula is C18H17F2N. The Kier molecular flexibility index (Phi) is 4.63. The molecule has 0 aliphatic rings. The number of hydrogen-bond donors (Lipinski definition) is 0. The van der Waals surface area contributed by atoms with Gasteiger partial charge in [-0.25, -0.2) is 8.78 Å². The van der Waals surface area contributed by atoms with Gasteiger partial charge in [-0.15, -0.1) is 0 Å². The minimum atomic E-state index is -0.263. The van der Waals surface area contributed by atoms with Gasteiger partial charge in [0.1, 0.15) is 11.6 Å². The van der Waals surface area contributed by atoms with Gasteiger partial charge in [0.05, 0.1) is 0 Å². The van der Waals surface area contributed by atoms with E-state index in [9.17, 15) is 8.78 Å². The third-order valence-electron chi connectivity index (χ3n) is 3.42. The van der Waals surface area contributed by atoms with Gasteiger partial charge in [0.25, 0.3) is 0 Å². The van der Waals surface area contributed by atoms with E-state index in [0.717, 1.165) is 28.1 Å². The molecule has 2 aromatic rings. The zero-order valence-electron chi connectivity index (χ0n) is 12.3. The number of rotatable bonds is 3. The van der Waals surface area contributed by atoms with Gasteiger partial charge in [-0.3, -0.25) is 4.99 Å².